The molecule has 0 saturated heterocycles. The summed E-state index contributed by atoms with van der Waals surface area (Å²) in [6.07, 6.45) is 7.59. The lowest BCUT2D eigenvalue weighted by Gasteiger charge is -2.00. The highest BCUT2D eigenvalue weighted by atomic mass is 15.5. The van der Waals surface area contributed by atoms with Crippen LogP contribution in [0.5, 0.6) is 0 Å². The summed E-state index contributed by atoms with van der Waals surface area (Å²) in [5.74, 6) is 0. The fraction of sp³-hybridized carbons (Fsp3) is 0. The predicted octanol–water partition coefficient (Wildman–Crippen LogP) is 1.38. The Balaban J connectivity index is 2.83. The van der Waals surface area contributed by atoms with Gasteiger partial charge in [-0.15, -0.1) is 0 Å². The quantitative estimate of drug-likeness (QED) is 0.587. The van der Waals surface area contributed by atoms with Crippen LogP contribution in [0.15, 0.2) is 49.1 Å². The van der Waals surface area contributed by atoms with E-state index >= 15 is 0 Å². The first-order chi connectivity index (χ1) is 5.97. The number of hydrogen-bond acceptors (Lipinski definition) is 0. The van der Waals surface area contributed by atoms with Crippen LogP contribution in [0, 0.1) is 0 Å². The van der Waals surface area contributed by atoms with Crippen molar-refractivity contribution in [2.24, 2.45) is 0 Å². The highest BCUT2D eigenvalue weighted by Gasteiger charge is 1.76. The molecule has 0 unspecified atom stereocenters. The van der Waals surface area contributed by atoms with E-state index in [0.717, 1.165) is 0 Å². The van der Waals surface area contributed by atoms with Crippen LogP contribution in [-0.2, 0) is 0 Å². The van der Waals surface area contributed by atoms with Crippen LogP contribution in [0.4, 0.5) is 0 Å². The standard InChI is InChI=1S/C8H10N4/c1-2-4-7-12-10-9-5-8-11(12)6-3-1/h1-10H. The summed E-state index contributed by atoms with van der Waals surface area (Å²) < 4.78 is 3.73. The molecule has 0 fully saturated rings. The molecule has 2 N–H and O–H groups in total. The molecular formula is C8H10N4. The van der Waals surface area contributed by atoms with E-state index in [-0.39, 0.29) is 0 Å². The van der Waals surface area contributed by atoms with Gasteiger partial charge in [0.1, 0.15) is 0 Å². The van der Waals surface area contributed by atoms with Crippen LogP contribution in [0.2, 0.25) is 0 Å². The van der Waals surface area contributed by atoms with Gasteiger partial charge in [-0.05, 0) is 12.1 Å². The van der Waals surface area contributed by atoms with Gasteiger partial charge in [0.05, 0.1) is 0 Å². The molecule has 0 aliphatic carbocycles. The molecule has 4 heteroatoms. The molecule has 0 aliphatic rings. The Morgan fingerprint density at radius 1 is 0.833 bits per heavy atom. The van der Waals surface area contributed by atoms with Gasteiger partial charge in [-0.3, -0.25) is 5.10 Å². The van der Waals surface area contributed by atoms with Gasteiger partial charge in [0.2, 0.25) is 0 Å². The summed E-state index contributed by atoms with van der Waals surface area (Å²) in [5, 5.41) is 5.82. The van der Waals surface area contributed by atoms with Crippen molar-refractivity contribution in [3.63, 3.8) is 0 Å². The van der Waals surface area contributed by atoms with E-state index < -0.39 is 0 Å². The van der Waals surface area contributed by atoms with E-state index in [1.807, 2.05) is 58.2 Å². The number of H-pyrrole nitrogens is 2. The molecule has 0 spiro atoms. The predicted molar refractivity (Wildman–Crippen MR) is 46.0 cm³/mol. The number of nitrogens with one attached hydrogen (secondary N) is 2. The molecule has 2 rings (SSSR count). The molecule has 4 nitrogen and oxygen atoms in total. The molecule has 2 aromatic heterocycles. The summed E-state index contributed by atoms with van der Waals surface area (Å²) in [4.78, 5) is 0. The van der Waals surface area contributed by atoms with Crippen LogP contribution in [0.3, 0.4) is 0 Å². The normalized spacial score (nSPS) is 9.67. The largest absolute Gasteiger partial charge is 0.291 e. The van der Waals surface area contributed by atoms with Crippen molar-refractivity contribution in [3.05, 3.63) is 49.1 Å². The van der Waals surface area contributed by atoms with Crippen LogP contribution in [0.1, 0.15) is 0 Å². The second-order valence-corrected chi connectivity index (χ2v) is 2.36. The fourth-order valence-corrected chi connectivity index (χ4v) is 0.980. The van der Waals surface area contributed by atoms with Gasteiger partial charge in [0, 0.05) is 24.8 Å². The SMILES string of the molecule is c1cccn2[nH][nH]ccn2cc1. The minimum Gasteiger partial charge on any atom is -0.291 e. The molecule has 0 atom stereocenters. The Kier molecular flexibility index (Phi) is 1.74. The monoisotopic (exact) mass is 162 g/mol. The van der Waals surface area contributed by atoms with Gasteiger partial charge in [-0.25, -0.2) is 9.73 Å². The molecule has 2 aromatic rings. The van der Waals surface area contributed by atoms with Gasteiger partial charge in [0.15, 0.2) is 0 Å². The molecule has 12 heavy (non-hydrogen) atoms. The maximum absolute atomic E-state index is 2.94. The summed E-state index contributed by atoms with van der Waals surface area (Å²) >= 11 is 0. The number of hydrogen-bond donors (Lipinski definition) is 2. The maximum atomic E-state index is 2.94. The maximum Gasteiger partial charge on any atom is 0.0471 e. The van der Waals surface area contributed by atoms with E-state index in [9.17, 15) is 0 Å². The summed E-state index contributed by atoms with van der Waals surface area (Å²) in [7, 11) is 0. The number of nitrogens with zero attached hydrogens (tertiary/aromatic N) is 2. The smallest absolute Gasteiger partial charge is 0.0471 e. The number of fused-ring (bicyclic) bond motifs is 1. The van der Waals surface area contributed by atoms with Crippen molar-refractivity contribution in [2.75, 3.05) is 0 Å². The van der Waals surface area contributed by atoms with Crippen molar-refractivity contribution < 1.29 is 0 Å². The zero-order valence-electron chi connectivity index (χ0n) is 6.51. The number of rotatable bonds is 0. The molecule has 0 saturated carbocycles. The first-order valence-electron chi connectivity index (χ1n) is 3.74. The molecule has 0 amide bonds. The third kappa shape index (κ3) is 1.27. The lowest BCUT2D eigenvalue weighted by atomic mass is 10.5. The Morgan fingerprint density at radius 2 is 1.67 bits per heavy atom. The second kappa shape index (κ2) is 3.04. The summed E-state index contributed by atoms with van der Waals surface area (Å²) in [6.45, 7) is 0. The molecule has 0 aromatic carbocycles. The van der Waals surface area contributed by atoms with Gasteiger partial charge in [0.25, 0.3) is 0 Å². The van der Waals surface area contributed by atoms with Gasteiger partial charge in [-0.2, -0.15) is 4.63 Å². The van der Waals surface area contributed by atoms with Crippen LogP contribution in [0.25, 0.3) is 0 Å². The Hall–Kier alpha value is -1.84. The minimum atomic E-state index is 1.82. The van der Waals surface area contributed by atoms with Crippen LogP contribution >= 0.6 is 0 Å². The molecule has 0 aliphatic heterocycles. The highest BCUT2D eigenvalue weighted by molar-refractivity contribution is 4.90. The Bertz CT molecular complexity index is 373. The first-order valence-corrected chi connectivity index (χ1v) is 3.74. The van der Waals surface area contributed by atoms with E-state index in [4.69, 9.17) is 0 Å². The summed E-state index contributed by atoms with van der Waals surface area (Å²) in [6, 6.07) is 7.86. The second-order valence-electron chi connectivity index (χ2n) is 2.36. The topological polar surface area (TPSA) is 40.4 Å². The van der Waals surface area contributed by atoms with Crippen molar-refractivity contribution in [2.45, 2.75) is 0 Å². The third-order valence-electron chi connectivity index (χ3n) is 1.54. The van der Waals surface area contributed by atoms with Gasteiger partial charge < -0.3 is 0 Å². The Labute approximate surface area is 69.4 Å². The molecule has 2 heterocycles. The zero-order chi connectivity index (χ0) is 8.23. The van der Waals surface area contributed by atoms with Crippen LogP contribution < -0.4 is 0 Å². The lowest BCUT2D eigenvalue weighted by Crippen LogP contribution is -2.03. The number of aromatic nitrogens is 4. The fourth-order valence-electron chi connectivity index (χ4n) is 0.980. The van der Waals surface area contributed by atoms with Crippen molar-refractivity contribution >= 4 is 0 Å². The molecule has 0 bridgehead atoms. The van der Waals surface area contributed by atoms with Crippen molar-refractivity contribution in [1.82, 2.24) is 19.5 Å². The van der Waals surface area contributed by atoms with Crippen molar-refractivity contribution in [1.29, 1.82) is 0 Å². The van der Waals surface area contributed by atoms with E-state index in [1.165, 1.54) is 0 Å². The van der Waals surface area contributed by atoms with E-state index in [0.29, 0.717) is 0 Å². The van der Waals surface area contributed by atoms with E-state index in [2.05, 4.69) is 10.3 Å². The average Bonchev–Trinajstić information content (AvgIpc) is 2.06. The van der Waals surface area contributed by atoms with Gasteiger partial charge >= 0.3 is 0 Å². The molecule has 0 radical (unpaired) electrons. The third-order valence-corrected chi connectivity index (χ3v) is 1.54. The molecule has 62 valence electrons. The van der Waals surface area contributed by atoms with Crippen LogP contribution in [-0.4, -0.2) is 19.5 Å². The van der Waals surface area contributed by atoms with Gasteiger partial charge in [-0.1, -0.05) is 12.1 Å². The molecular weight excluding hydrogens is 152 g/mol. The minimum absolute atomic E-state index is 1.82. The Morgan fingerprint density at radius 3 is 2.58 bits per heavy atom. The lowest BCUT2D eigenvalue weighted by molar-refractivity contribution is 0.616. The number of aromatic amines is 2. The average molecular weight is 162 g/mol. The van der Waals surface area contributed by atoms with Crippen molar-refractivity contribution in [3.8, 4) is 0 Å². The summed E-state index contributed by atoms with van der Waals surface area (Å²) in [5.41, 5.74) is 0. The first kappa shape index (κ1) is 6.84. The highest BCUT2D eigenvalue weighted by Crippen LogP contribution is 1.82. The zero-order valence-corrected chi connectivity index (χ0v) is 6.51. The van der Waals surface area contributed by atoms with E-state index in [1.54, 1.807) is 0 Å².